The van der Waals surface area contributed by atoms with Crippen molar-refractivity contribution in [3.05, 3.63) is 0 Å². The number of nitrogens with two attached hydrogens (primary N) is 1. The van der Waals surface area contributed by atoms with Crippen LogP contribution in [0.4, 0.5) is 39.5 Å². The largest absolute Gasteiger partial charge is 0.463 e. The number of halogens is 9. The number of quaternary nitrogens is 1. The number of alkyl halides is 9. The van der Waals surface area contributed by atoms with Crippen molar-refractivity contribution in [1.82, 2.24) is 0 Å². The van der Waals surface area contributed by atoms with Crippen LogP contribution in [0.1, 0.15) is 6.92 Å². The summed E-state index contributed by atoms with van der Waals surface area (Å²) in [4.78, 5) is 0. The highest BCUT2D eigenvalue weighted by Gasteiger charge is 2.87. The number of rotatable bonds is 2. The van der Waals surface area contributed by atoms with E-state index in [1.807, 2.05) is 0 Å². The summed E-state index contributed by atoms with van der Waals surface area (Å²) in [5, 5.41) is -0.812. The van der Waals surface area contributed by atoms with E-state index in [0.29, 0.717) is 0 Å². The van der Waals surface area contributed by atoms with Crippen molar-refractivity contribution in [2.75, 3.05) is 6.54 Å². The minimum Gasteiger partial charge on any atom is -0.318 e. The predicted molar refractivity (Wildman–Crippen MR) is 33.4 cm³/mol. The lowest BCUT2D eigenvalue weighted by Gasteiger charge is -2.35. The summed E-state index contributed by atoms with van der Waals surface area (Å²) in [6, 6.07) is 0. The summed E-state index contributed by atoms with van der Waals surface area (Å²) in [5.74, 6) is 0. The molecule has 0 atom stereocenters. The second-order valence-corrected chi connectivity index (χ2v) is 2.91. The van der Waals surface area contributed by atoms with Crippen LogP contribution in [0.2, 0.25) is 0 Å². The monoisotopic (exact) mass is 264 g/mol. The van der Waals surface area contributed by atoms with E-state index in [4.69, 9.17) is 0 Å². The SMILES string of the molecule is CC[NH2+]C(C(F)(F)F)(C(F)(F)F)C(F)(F)F. The van der Waals surface area contributed by atoms with Gasteiger partial charge >= 0.3 is 24.1 Å². The molecule has 0 aliphatic carbocycles. The molecular weight excluding hydrogens is 257 g/mol. The molecule has 98 valence electrons. The molecule has 0 saturated carbocycles. The molecule has 0 amide bonds. The van der Waals surface area contributed by atoms with E-state index in [2.05, 4.69) is 0 Å². The molecule has 10 heteroatoms. The Morgan fingerprint density at radius 2 is 0.938 bits per heavy atom. The Bertz CT molecular complexity index is 198. The lowest BCUT2D eigenvalue weighted by Crippen LogP contribution is -3.07. The number of hydrogen-bond donors (Lipinski definition) is 1. The molecule has 0 spiro atoms. The minimum absolute atomic E-state index is 0.762. The van der Waals surface area contributed by atoms with E-state index in [9.17, 15) is 39.5 Å². The minimum atomic E-state index is -6.47. The lowest BCUT2D eigenvalue weighted by atomic mass is 9.97. The lowest BCUT2D eigenvalue weighted by molar-refractivity contribution is -0.804. The topological polar surface area (TPSA) is 16.6 Å². The Morgan fingerprint density at radius 3 is 1.00 bits per heavy atom. The van der Waals surface area contributed by atoms with Crippen LogP contribution in [0.15, 0.2) is 0 Å². The first kappa shape index (κ1) is 15.3. The first-order valence-electron chi connectivity index (χ1n) is 3.85. The quantitative estimate of drug-likeness (QED) is 0.734. The molecular formula is C6H7F9N+. The molecule has 1 nitrogen and oxygen atoms in total. The molecule has 0 radical (unpaired) electrons. The average Bonchev–Trinajstić information content (AvgIpc) is 1.91. The predicted octanol–water partition coefficient (Wildman–Crippen LogP) is 2.00. The van der Waals surface area contributed by atoms with Gasteiger partial charge in [0.25, 0.3) is 0 Å². The van der Waals surface area contributed by atoms with E-state index >= 15 is 0 Å². The molecule has 0 aromatic heterocycles. The first-order valence-corrected chi connectivity index (χ1v) is 3.85. The third-order valence-corrected chi connectivity index (χ3v) is 1.85. The summed E-state index contributed by atoms with van der Waals surface area (Å²) in [7, 11) is 0. The zero-order chi connectivity index (χ0) is 13.4. The van der Waals surface area contributed by atoms with Crippen LogP contribution in [0.5, 0.6) is 0 Å². The van der Waals surface area contributed by atoms with E-state index < -0.39 is 35.9 Å². The molecule has 0 aliphatic rings. The third kappa shape index (κ3) is 2.20. The third-order valence-electron chi connectivity index (χ3n) is 1.85. The van der Waals surface area contributed by atoms with Crippen LogP contribution in [-0.2, 0) is 0 Å². The van der Waals surface area contributed by atoms with E-state index in [0.717, 1.165) is 6.92 Å². The molecule has 0 heterocycles. The summed E-state index contributed by atoms with van der Waals surface area (Å²) in [6.45, 7) is -0.253. The zero-order valence-electron chi connectivity index (χ0n) is 7.69. The molecule has 0 aromatic rings. The number of hydrogen-bond acceptors (Lipinski definition) is 0. The first-order chi connectivity index (χ1) is 6.81. The average molecular weight is 264 g/mol. The maximum absolute atomic E-state index is 12.1. The molecule has 0 unspecified atom stereocenters. The van der Waals surface area contributed by atoms with Gasteiger partial charge in [0.2, 0.25) is 0 Å². The highest BCUT2D eigenvalue weighted by Crippen LogP contribution is 2.49. The van der Waals surface area contributed by atoms with Crippen molar-refractivity contribution in [2.45, 2.75) is 31.0 Å². The highest BCUT2D eigenvalue weighted by atomic mass is 19.4. The van der Waals surface area contributed by atoms with Crippen LogP contribution in [0.25, 0.3) is 0 Å². The van der Waals surface area contributed by atoms with Crippen molar-refractivity contribution in [1.29, 1.82) is 0 Å². The van der Waals surface area contributed by atoms with Gasteiger partial charge in [0.15, 0.2) is 0 Å². The Balaban J connectivity index is 5.82. The Hall–Kier alpha value is -0.670. The van der Waals surface area contributed by atoms with Crippen molar-refractivity contribution in [2.24, 2.45) is 0 Å². The van der Waals surface area contributed by atoms with Crippen LogP contribution in [-0.4, -0.2) is 30.6 Å². The van der Waals surface area contributed by atoms with Crippen LogP contribution in [0.3, 0.4) is 0 Å². The Morgan fingerprint density at radius 1 is 0.688 bits per heavy atom. The summed E-state index contributed by atoms with van der Waals surface area (Å²) in [6.07, 6.45) is -19.4. The van der Waals surface area contributed by atoms with Crippen LogP contribution in [0, 0.1) is 0 Å². The Labute approximate surface area is 83.6 Å². The summed E-state index contributed by atoms with van der Waals surface area (Å²) < 4.78 is 109. The highest BCUT2D eigenvalue weighted by molar-refractivity contribution is 4.99. The van der Waals surface area contributed by atoms with Crippen molar-refractivity contribution >= 4 is 0 Å². The fraction of sp³-hybridized carbons (Fsp3) is 1.00. The van der Waals surface area contributed by atoms with E-state index in [-0.39, 0.29) is 0 Å². The molecule has 0 bridgehead atoms. The van der Waals surface area contributed by atoms with Crippen LogP contribution >= 0.6 is 0 Å². The zero-order valence-corrected chi connectivity index (χ0v) is 7.69. The van der Waals surface area contributed by atoms with Gasteiger partial charge in [0, 0.05) is 0 Å². The second-order valence-electron chi connectivity index (χ2n) is 2.91. The molecule has 0 fully saturated rings. The maximum Gasteiger partial charge on any atom is 0.463 e. The molecule has 2 N–H and O–H groups in total. The van der Waals surface area contributed by atoms with Gasteiger partial charge in [-0.25, -0.2) is 0 Å². The van der Waals surface area contributed by atoms with Gasteiger partial charge in [-0.3, -0.25) is 0 Å². The smallest absolute Gasteiger partial charge is 0.318 e. The van der Waals surface area contributed by atoms with Crippen molar-refractivity contribution in [3.8, 4) is 0 Å². The normalized spacial score (nSPS) is 15.4. The molecule has 0 aromatic carbocycles. The molecule has 0 saturated heterocycles. The molecule has 16 heavy (non-hydrogen) atoms. The fourth-order valence-corrected chi connectivity index (χ4v) is 1.14. The van der Waals surface area contributed by atoms with Gasteiger partial charge < -0.3 is 5.32 Å². The van der Waals surface area contributed by atoms with Gasteiger partial charge in [-0.1, -0.05) is 0 Å². The van der Waals surface area contributed by atoms with Crippen LogP contribution < -0.4 is 5.32 Å². The van der Waals surface area contributed by atoms with E-state index in [1.165, 1.54) is 0 Å². The van der Waals surface area contributed by atoms with Gasteiger partial charge in [-0.2, -0.15) is 39.5 Å². The van der Waals surface area contributed by atoms with Crippen molar-refractivity contribution < 1.29 is 44.8 Å². The fourth-order valence-electron chi connectivity index (χ4n) is 1.14. The van der Waals surface area contributed by atoms with Gasteiger partial charge in [-0.15, -0.1) is 0 Å². The Kier molecular flexibility index (Phi) is 3.80. The maximum atomic E-state index is 12.1. The van der Waals surface area contributed by atoms with Gasteiger partial charge in [0.05, 0.1) is 6.54 Å². The van der Waals surface area contributed by atoms with Crippen molar-refractivity contribution in [3.63, 3.8) is 0 Å². The summed E-state index contributed by atoms with van der Waals surface area (Å²) >= 11 is 0. The van der Waals surface area contributed by atoms with Gasteiger partial charge in [-0.05, 0) is 6.92 Å². The molecule has 0 rings (SSSR count). The molecule has 0 aliphatic heterocycles. The van der Waals surface area contributed by atoms with E-state index in [1.54, 1.807) is 0 Å². The second kappa shape index (κ2) is 3.97. The van der Waals surface area contributed by atoms with Gasteiger partial charge in [0.1, 0.15) is 0 Å². The summed E-state index contributed by atoms with van der Waals surface area (Å²) in [5.41, 5.74) is -5.76. The standard InChI is InChI=1S/C6H6F9N/c1-2-16-3(4(7,8)9,5(10,11)12)6(13,14)15/h16H,2H2,1H3/p+1.